The Labute approximate surface area is 114 Å². The van der Waals surface area contributed by atoms with Crippen LogP contribution in [-0.4, -0.2) is 31.1 Å². The highest BCUT2D eigenvalue weighted by Gasteiger charge is 2.39. The van der Waals surface area contributed by atoms with Crippen molar-refractivity contribution in [3.05, 3.63) is 23.8 Å². The number of benzene rings is 1. The van der Waals surface area contributed by atoms with Gasteiger partial charge >= 0.3 is 0 Å². The topological polar surface area (TPSA) is 44.4 Å². The van der Waals surface area contributed by atoms with E-state index in [9.17, 15) is 4.79 Å². The second-order valence-corrected chi connectivity index (χ2v) is 6.16. The van der Waals surface area contributed by atoms with Crippen molar-refractivity contribution in [3.63, 3.8) is 0 Å². The lowest BCUT2D eigenvalue weighted by atomic mass is 10.0. The van der Waals surface area contributed by atoms with Crippen LogP contribution >= 0.6 is 0 Å². The summed E-state index contributed by atoms with van der Waals surface area (Å²) in [5.74, 6) is 0.229. The highest BCUT2D eigenvalue weighted by Crippen LogP contribution is 2.35. The van der Waals surface area contributed by atoms with E-state index in [4.69, 9.17) is 0 Å². The Balaban J connectivity index is 1.91. The van der Waals surface area contributed by atoms with Gasteiger partial charge in [0.1, 0.15) is 0 Å². The lowest BCUT2D eigenvalue weighted by Crippen LogP contribution is -2.39. The lowest BCUT2D eigenvalue weighted by molar-refractivity contribution is -0.117. The van der Waals surface area contributed by atoms with Gasteiger partial charge in [-0.25, -0.2) is 0 Å². The Morgan fingerprint density at radius 1 is 1.42 bits per heavy atom. The number of nitrogens with zero attached hydrogens (tertiary/aromatic N) is 1. The molecule has 0 aromatic heterocycles. The van der Waals surface area contributed by atoms with E-state index in [0.29, 0.717) is 6.42 Å². The van der Waals surface area contributed by atoms with Gasteiger partial charge in [0, 0.05) is 30.5 Å². The minimum Gasteiger partial charge on any atom is -0.388 e. The first-order valence-corrected chi connectivity index (χ1v) is 6.88. The number of rotatable bonds is 2. The van der Waals surface area contributed by atoms with E-state index < -0.39 is 0 Å². The van der Waals surface area contributed by atoms with E-state index in [1.807, 2.05) is 18.0 Å². The Morgan fingerprint density at radius 2 is 2.21 bits per heavy atom. The predicted octanol–water partition coefficient (Wildman–Crippen LogP) is 1.76. The van der Waals surface area contributed by atoms with Crippen LogP contribution in [0, 0.1) is 0 Å². The number of hydrogen-bond donors (Lipinski definition) is 2. The zero-order valence-electron chi connectivity index (χ0n) is 11.8. The van der Waals surface area contributed by atoms with Crippen LogP contribution in [0.25, 0.3) is 0 Å². The van der Waals surface area contributed by atoms with Gasteiger partial charge in [0.15, 0.2) is 0 Å². The number of nitrogens with one attached hydrogen (secondary N) is 2. The molecule has 1 aromatic carbocycles. The molecule has 3 rings (SSSR count). The summed E-state index contributed by atoms with van der Waals surface area (Å²) in [6.07, 6.45) is 1.54. The van der Waals surface area contributed by atoms with Crippen molar-refractivity contribution in [2.24, 2.45) is 0 Å². The van der Waals surface area contributed by atoms with Gasteiger partial charge in [-0.3, -0.25) is 4.79 Å². The Morgan fingerprint density at radius 3 is 2.84 bits per heavy atom. The fraction of sp³-hybridized carbons (Fsp3) is 0.533. The van der Waals surface area contributed by atoms with Crippen molar-refractivity contribution in [1.82, 2.24) is 5.32 Å². The maximum atomic E-state index is 12.3. The molecule has 2 heterocycles. The third kappa shape index (κ3) is 2.10. The van der Waals surface area contributed by atoms with E-state index in [1.165, 1.54) is 0 Å². The van der Waals surface area contributed by atoms with Crippen LogP contribution in [-0.2, 0) is 11.2 Å². The molecule has 102 valence electrons. The van der Waals surface area contributed by atoms with Crippen molar-refractivity contribution in [2.45, 2.75) is 38.3 Å². The third-order valence-electron chi connectivity index (χ3n) is 4.17. The Kier molecular flexibility index (Phi) is 2.78. The van der Waals surface area contributed by atoms with E-state index in [2.05, 4.69) is 36.6 Å². The van der Waals surface area contributed by atoms with Gasteiger partial charge in [-0.1, -0.05) is 0 Å². The average Bonchev–Trinajstić information content (AvgIpc) is 2.86. The van der Waals surface area contributed by atoms with Gasteiger partial charge in [0.2, 0.25) is 5.91 Å². The molecule has 1 aromatic rings. The van der Waals surface area contributed by atoms with Crippen molar-refractivity contribution >= 4 is 17.3 Å². The summed E-state index contributed by atoms with van der Waals surface area (Å²) >= 11 is 0. The summed E-state index contributed by atoms with van der Waals surface area (Å²) < 4.78 is 0. The zero-order valence-corrected chi connectivity index (χ0v) is 11.8. The smallest absolute Gasteiger partial charge is 0.231 e. The molecule has 1 saturated heterocycles. The second-order valence-electron chi connectivity index (χ2n) is 6.16. The first kappa shape index (κ1) is 12.5. The molecule has 2 aliphatic heterocycles. The molecular formula is C15H21N3O. The predicted molar refractivity (Wildman–Crippen MR) is 77.7 cm³/mol. The first-order chi connectivity index (χ1) is 9.00. The number of fused-ring (bicyclic) bond motifs is 1. The molecule has 0 aliphatic carbocycles. The summed E-state index contributed by atoms with van der Waals surface area (Å²) in [5, 5.41) is 6.62. The molecular weight excluding hydrogens is 238 g/mol. The van der Waals surface area contributed by atoms with Crippen LogP contribution < -0.4 is 15.5 Å². The highest BCUT2D eigenvalue weighted by atomic mass is 16.2. The Hall–Kier alpha value is -1.55. The first-order valence-electron chi connectivity index (χ1n) is 6.88. The van der Waals surface area contributed by atoms with Gasteiger partial charge in [-0.15, -0.1) is 0 Å². The normalized spacial score (nSPS) is 24.7. The fourth-order valence-corrected chi connectivity index (χ4v) is 3.21. The van der Waals surface area contributed by atoms with E-state index in [0.717, 1.165) is 29.9 Å². The fourth-order valence-electron chi connectivity index (χ4n) is 3.21. The van der Waals surface area contributed by atoms with Crippen molar-refractivity contribution in [2.75, 3.05) is 23.8 Å². The number of carbonyl (C=O) groups is 1. The molecule has 1 unspecified atom stereocenters. The second kappa shape index (κ2) is 4.23. The SMILES string of the molecule is CNc1ccc2c(c1)CC(=O)N2C1CNC(C)(C)C1. The van der Waals surface area contributed by atoms with Crippen molar-refractivity contribution in [3.8, 4) is 0 Å². The van der Waals surface area contributed by atoms with Crippen molar-refractivity contribution in [1.29, 1.82) is 0 Å². The van der Waals surface area contributed by atoms with Gasteiger partial charge < -0.3 is 15.5 Å². The summed E-state index contributed by atoms with van der Waals surface area (Å²) in [7, 11) is 1.90. The average molecular weight is 259 g/mol. The number of amides is 1. The maximum Gasteiger partial charge on any atom is 0.231 e. The largest absolute Gasteiger partial charge is 0.388 e. The number of hydrogen-bond acceptors (Lipinski definition) is 3. The monoisotopic (exact) mass is 259 g/mol. The van der Waals surface area contributed by atoms with Crippen LogP contribution in [0.1, 0.15) is 25.8 Å². The molecule has 0 spiro atoms. The summed E-state index contributed by atoms with van der Waals surface area (Å²) in [6.45, 7) is 5.27. The molecule has 1 atom stereocenters. The van der Waals surface area contributed by atoms with Crippen LogP contribution in [0.3, 0.4) is 0 Å². The van der Waals surface area contributed by atoms with Crippen molar-refractivity contribution < 1.29 is 4.79 Å². The van der Waals surface area contributed by atoms with Gasteiger partial charge in [0.25, 0.3) is 0 Å². The minimum atomic E-state index is 0.124. The molecule has 4 nitrogen and oxygen atoms in total. The van der Waals surface area contributed by atoms with E-state index in [1.54, 1.807) is 0 Å². The lowest BCUT2D eigenvalue weighted by Gasteiger charge is -2.25. The summed E-state index contributed by atoms with van der Waals surface area (Å²) in [5.41, 5.74) is 3.42. The third-order valence-corrected chi connectivity index (χ3v) is 4.17. The zero-order chi connectivity index (χ0) is 13.6. The van der Waals surface area contributed by atoms with E-state index in [-0.39, 0.29) is 17.5 Å². The van der Waals surface area contributed by atoms with E-state index >= 15 is 0 Å². The van der Waals surface area contributed by atoms with Crippen LogP contribution in [0.5, 0.6) is 0 Å². The summed E-state index contributed by atoms with van der Waals surface area (Å²) in [4.78, 5) is 14.3. The molecule has 0 radical (unpaired) electrons. The standard InChI is InChI=1S/C15H21N3O/c1-15(2)8-12(9-17-15)18-13-5-4-11(16-3)6-10(13)7-14(18)19/h4-6,12,16-17H,7-9H2,1-3H3. The molecule has 4 heteroatoms. The molecule has 2 N–H and O–H groups in total. The number of anilines is 2. The van der Waals surface area contributed by atoms with Gasteiger partial charge in [-0.05, 0) is 44.0 Å². The molecule has 0 bridgehead atoms. The van der Waals surface area contributed by atoms with Gasteiger partial charge in [-0.2, -0.15) is 0 Å². The van der Waals surface area contributed by atoms with Gasteiger partial charge in [0.05, 0.1) is 12.5 Å². The molecule has 0 saturated carbocycles. The molecule has 2 aliphatic rings. The van der Waals surface area contributed by atoms with Crippen LogP contribution in [0.15, 0.2) is 18.2 Å². The quantitative estimate of drug-likeness (QED) is 0.850. The molecule has 1 fully saturated rings. The number of carbonyl (C=O) groups excluding carboxylic acids is 1. The summed E-state index contributed by atoms with van der Waals surface area (Å²) in [6, 6.07) is 6.47. The van der Waals surface area contributed by atoms with Crippen LogP contribution in [0.2, 0.25) is 0 Å². The Bertz CT molecular complexity index is 524. The maximum absolute atomic E-state index is 12.3. The van der Waals surface area contributed by atoms with Crippen LogP contribution in [0.4, 0.5) is 11.4 Å². The molecule has 19 heavy (non-hydrogen) atoms. The highest BCUT2D eigenvalue weighted by molar-refractivity contribution is 6.02. The minimum absolute atomic E-state index is 0.124. The molecule has 1 amide bonds.